The summed E-state index contributed by atoms with van der Waals surface area (Å²) in [6.07, 6.45) is 5.81. The largest absolute Gasteiger partial charge is 0.379 e. The molecule has 2 aromatic rings. The smallest absolute Gasteiger partial charge is 0.226 e. The van der Waals surface area contributed by atoms with Crippen molar-refractivity contribution in [1.29, 1.82) is 0 Å². The third kappa shape index (κ3) is 5.13. The van der Waals surface area contributed by atoms with Crippen molar-refractivity contribution in [2.75, 3.05) is 39.4 Å². The molecule has 1 amide bonds. The number of carbonyl (C=O) groups excluding carboxylic acids is 1. The highest BCUT2D eigenvalue weighted by atomic mass is 35.5. The second-order valence-corrected chi connectivity index (χ2v) is 8.03. The van der Waals surface area contributed by atoms with Gasteiger partial charge in [0, 0.05) is 56.1 Å². The van der Waals surface area contributed by atoms with E-state index in [0.29, 0.717) is 13.1 Å². The van der Waals surface area contributed by atoms with Gasteiger partial charge in [-0.15, -0.1) is 0 Å². The van der Waals surface area contributed by atoms with Gasteiger partial charge in [-0.2, -0.15) is 0 Å². The summed E-state index contributed by atoms with van der Waals surface area (Å²) in [4.78, 5) is 21.7. The maximum Gasteiger partial charge on any atom is 0.226 e. The van der Waals surface area contributed by atoms with Gasteiger partial charge in [0.2, 0.25) is 5.91 Å². The number of morpholine rings is 1. The monoisotopic (exact) mass is 402 g/mol. The first-order valence-corrected chi connectivity index (χ1v) is 10.4. The van der Waals surface area contributed by atoms with Gasteiger partial charge in [0.15, 0.2) is 0 Å². The Balaban J connectivity index is 1.42. The van der Waals surface area contributed by atoms with E-state index in [1.54, 1.807) is 0 Å². The van der Waals surface area contributed by atoms with Crippen molar-refractivity contribution in [1.82, 2.24) is 19.4 Å². The number of amides is 1. The number of benzene rings is 1. The summed E-state index contributed by atoms with van der Waals surface area (Å²) in [5, 5.41) is 0.732. The van der Waals surface area contributed by atoms with Crippen LogP contribution in [-0.2, 0) is 22.6 Å². The molecule has 1 saturated heterocycles. The van der Waals surface area contributed by atoms with Crippen molar-refractivity contribution in [3.8, 4) is 0 Å². The van der Waals surface area contributed by atoms with Gasteiger partial charge in [-0.1, -0.05) is 23.7 Å². The van der Waals surface area contributed by atoms with Gasteiger partial charge in [0.05, 0.1) is 19.8 Å². The fourth-order valence-corrected chi connectivity index (χ4v) is 3.79. The van der Waals surface area contributed by atoms with Crippen molar-refractivity contribution in [2.45, 2.75) is 25.9 Å². The van der Waals surface area contributed by atoms with Gasteiger partial charge in [-0.05, 0) is 30.5 Å². The molecule has 0 radical (unpaired) electrons. The SMILES string of the molecule is O=C(C1CC1)N(CCN1CCOCC1)Cc1nccn1Cc1cccc(Cl)c1. The van der Waals surface area contributed by atoms with E-state index >= 15 is 0 Å². The summed E-state index contributed by atoms with van der Waals surface area (Å²) >= 11 is 6.12. The predicted molar refractivity (Wildman–Crippen MR) is 108 cm³/mol. The zero-order valence-corrected chi connectivity index (χ0v) is 16.9. The highest BCUT2D eigenvalue weighted by Crippen LogP contribution is 2.31. The van der Waals surface area contributed by atoms with E-state index in [9.17, 15) is 4.79 Å². The van der Waals surface area contributed by atoms with Crippen molar-refractivity contribution < 1.29 is 9.53 Å². The molecule has 28 heavy (non-hydrogen) atoms. The lowest BCUT2D eigenvalue weighted by atomic mass is 10.2. The summed E-state index contributed by atoms with van der Waals surface area (Å²) in [5.74, 6) is 1.39. The molecule has 1 aliphatic carbocycles. The molecule has 1 aromatic heterocycles. The first kappa shape index (κ1) is 19.4. The van der Waals surface area contributed by atoms with Crippen LogP contribution in [0.2, 0.25) is 5.02 Å². The number of carbonyl (C=O) groups is 1. The van der Waals surface area contributed by atoms with Crippen LogP contribution in [0.25, 0.3) is 0 Å². The second-order valence-electron chi connectivity index (χ2n) is 7.59. The second kappa shape index (κ2) is 9.07. The molecule has 2 fully saturated rings. The van der Waals surface area contributed by atoms with Crippen LogP contribution in [0.5, 0.6) is 0 Å². The van der Waals surface area contributed by atoms with Crippen LogP contribution >= 0.6 is 11.6 Å². The van der Waals surface area contributed by atoms with E-state index in [1.807, 2.05) is 35.5 Å². The van der Waals surface area contributed by atoms with E-state index in [2.05, 4.69) is 20.5 Å². The lowest BCUT2D eigenvalue weighted by Crippen LogP contribution is -2.43. The quantitative estimate of drug-likeness (QED) is 0.681. The van der Waals surface area contributed by atoms with Crippen molar-refractivity contribution >= 4 is 17.5 Å². The Morgan fingerprint density at radius 3 is 2.86 bits per heavy atom. The third-order valence-electron chi connectivity index (χ3n) is 5.40. The Morgan fingerprint density at radius 2 is 2.11 bits per heavy atom. The minimum absolute atomic E-state index is 0.209. The molecule has 150 valence electrons. The summed E-state index contributed by atoms with van der Waals surface area (Å²) in [6, 6.07) is 7.86. The number of imidazole rings is 1. The van der Waals surface area contributed by atoms with Crippen LogP contribution in [0.3, 0.4) is 0 Å². The Kier molecular flexibility index (Phi) is 6.29. The fourth-order valence-electron chi connectivity index (χ4n) is 3.58. The standard InChI is InChI=1S/C21H27ClN4O2/c22-19-3-1-2-17(14-19)15-25-7-6-23-20(25)16-26(21(27)18-4-5-18)9-8-24-10-12-28-13-11-24/h1-3,6-7,14,18H,4-5,8-13,15-16H2. The summed E-state index contributed by atoms with van der Waals surface area (Å²) in [5.41, 5.74) is 1.13. The average Bonchev–Trinajstić information content (AvgIpc) is 3.47. The van der Waals surface area contributed by atoms with Gasteiger partial charge in [-0.3, -0.25) is 9.69 Å². The van der Waals surface area contributed by atoms with Crippen molar-refractivity contribution in [2.24, 2.45) is 5.92 Å². The van der Waals surface area contributed by atoms with Crippen molar-refractivity contribution in [3.05, 3.63) is 53.1 Å². The number of ether oxygens (including phenoxy) is 1. The molecule has 7 heteroatoms. The topological polar surface area (TPSA) is 50.6 Å². The Hall–Kier alpha value is -1.89. The predicted octanol–water partition coefficient (Wildman–Crippen LogP) is 2.66. The van der Waals surface area contributed by atoms with Gasteiger partial charge in [0.1, 0.15) is 5.82 Å². The molecule has 1 aliphatic heterocycles. The Labute approximate surface area is 171 Å². The first-order valence-electron chi connectivity index (χ1n) is 10.0. The molecule has 4 rings (SSSR count). The van der Waals surface area contributed by atoms with Crippen LogP contribution in [0.15, 0.2) is 36.7 Å². The van der Waals surface area contributed by atoms with Gasteiger partial charge in [0.25, 0.3) is 0 Å². The zero-order valence-electron chi connectivity index (χ0n) is 16.1. The van der Waals surface area contributed by atoms with Crippen LogP contribution in [0, 0.1) is 5.92 Å². The Morgan fingerprint density at radius 1 is 1.29 bits per heavy atom. The molecular weight excluding hydrogens is 376 g/mol. The number of aromatic nitrogens is 2. The normalized spacial score (nSPS) is 17.6. The minimum Gasteiger partial charge on any atom is -0.379 e. The molecule has 1 aromatic carbocycles. The molecule has 0 N–H and O–H groups in total. The number of hydrogen-bond donors (Lipinski definition) is 0. The number of nitrogens with zero attached hydrogens (tertiary/aromatic N) is 4. The van der Waals surface area contributed by atoms with E-state index in [0.717, 1.165) is 68.6 Å². The molecule has 2 aliphatic rings. The summed E-state index contributed by atoms with van der Waals surface area (Å²) in [6.45, 7) is 6.30. The van der Waals surface area contributed by atoms with E-state index < -0.39 is 0 Å². The Bertz CT molecular complexity index is 799. The van der Waals surface area contributed by atoms with Gasteiger partial charge >= 0.3 is 0 Å². The molecular formula is C21H27ClN4O2. The van der Waals surface area contributed by atoms with Gasteiger partial charge < -0.3 is 14.2 Å². The molecule has 0 spiro atoms. The van der Waals surface area contributed by atoms with Gasteiger partial charge in [-0.25, -0.2) is 4.98 Å². The third-order valence-corrected chi connectivity index (χ3v) is 5.64. The fraction of sp³-hybridized carbons (Fsp3) is 0.524. The van der Waals surface area contributed by atoms with E-state index in [4.69, 9.17) is 16.3 Å². The van der Waals surface area contributed by atoms with Crippen LogP contribution in [0.1, 0.15) is 24.2 Å². The lowest BCUT2D eigenvalue weighted by Gasteiger charge is -2.30. The van der Waals surface area contributed by atoms with E-state index in [-0.39, 0.29) is 11.8 Å². The molecule has 0 bridgehead atoms. The number of rotatable bonds is 8. The molecule has 0 unspecified atom stereocenters. The summed E-state index contributed by atoms with van der Waals surface area (Å²) in [7, 11) is 0. The number of halogens is 1. The minimum atomic E-state index is 0.209. The zero-order chi connectivity index (χ0) is 19.3. The highest BCUT2D eigenvalue weighted by Gasteiger charge is 2.34. The summed E-state index contributed by atoms with van der Waals surface area (Å²) < 4.78 is 7.53. The highest BCUT2D eigenvalue weighted by molar-refractivity contribution is 6.30. The maximum atomic E-state index is 12.8. The molecule has 1 saturated carbocycles. The van der Waals surface area contributed by atoms with Crippen LogP contribution in [-0.4, -0.2) is 64.7 Å². The lowest BCUT2D eigenvalue weighted by molar-refractivity contribution is -0.133. The van der Waals surface area contributed by atoms with E-state index in [1.165, 1.54) is 0 Å². The molecule has 6 nitrogen and oxygen atoms in total. The molecule has 0 atom stereocenters. The van der Waals surface area contributed by atoms with Crippen molar-refractivity contribution in [3.63, 3.8) is 0 Å². The molecule has 2 heterocycles. The van der Waals surface area contributed by atoms with Crippen LogP contribution < -0.4 is 0 Å². The van der Waals surface area contributed by atoms with Crippen LogP contribution in [0.4, 0.5) is 0 Å². The maximum absolute atomic E-state index is 12.8. The first-order chi connectivity index (χ1) is 13.7. The average molecular weight is 403 g/mol. The number of hydrogen-bond acceptors (Lipinski definition) is 4.